The fourth-order valence-corrected chi connectivity index (χ4v) is 4.11. The number of benzene rings is 2. The molecule has 0 radical (unpaired) electrons. The van der Waals surface area contributed by atoms with E-state index in [1.807, 2.05) is 0 Å². The molecule has 0 saturated carbocycles. The monoisotopic (exact) mass is 520 g/mol. The van der Waals surface area contributed by atoms with E-state index in [-0.39, 0.29) is 24.5 Å². The van der Waals surface area contributed by atoms with E-state index in [4.69, 9.17) is 4.74 Å². The molecule has 1 amide bonds. The van der Waals surface area contributed by atoms with Crippen LogP contribution in [0, 0.1) is 0 Å². The molecule has 7 nitrogen and oxygen atoms in total. The quantitative estimate of drug-likeness (QED) is 0.220. The molecule has 1 aliphatic rings. The number of nitrogens with zero attached hydrogens (tertiary/aromatic N) is 2. The number of rotatable bonds is 6. The minimum Gasteiger partial charge on any atom is -0.507 e. The molecule has 1 saturated heterocycles. The van der Waals surface area contributed by atoms with Crippen LogP contribution in [-0.4, -0.2) is 39.3 Å². The van der Waals surface area contributed by atoms with Gasteiger partial charge in [-0.15, -0.1) is 0 Å². The molecule has 4 rings (SSSR count). The van der Waals surface area contributed by atoms with Crippen LogP contribution in [0.1, 0.15) is 40.0 Å². The van der Waals surface area contributed by atoms with E-state index < -0.39 is 23.7 Å². The van der Waals surface area contributed by atoms with E-state index in [9.17, 15) is 19.5 Å². The number of amides is 1. The third kappa shape index (κ3) is 4.63. The number of aromatic nitrogens is 1. The lowest BCUT2D eigenvalue weighted by atomic mass is 9.96. The Labute approximate surface area is 204 Å². The fraction of sp³-hybridized carbons (Fsp3) is 0.154. The second-order valence-electron chi connectivity index (χ2n) is 7.64. The van der Waals surface area contributed by atoms with Crippen molar-refractivity contribution in [2.45, 2.75) is 19.5 Å². The van der Waals surface area contributed by atoms with Crippen LogP contribution in [0.2, 0.25) is 0 Å². The maximum Gasteiger partial charge on any atom is 0.338 e. The number of esters is 1. The van der Waals surface area contributed by atoms with Crippen molar-refractivity contribution in [3.05, 3.63) is 105 Å². The summed E-state index contributed by atoms with van der Waals surface area (Å²) in [6.07, 6.45) is 3.17. The van der Waals surface area contributed by atoms with Gasteiger partial charge >= 0.3 is 5.97 Å². The zero-order valence-electron chi connectivity index (χ0n) is 18.3. The maximum absolute atomic E-state index is 13.1. The van der Waals surface area contributed by atoms with Gasteiger partial charge in [-0.05, 0) is 48.4 Å². The first-order valence-electron chi connectivity index (χ1n) is 10.6. The summed E-state index contributed by atoms with van der Waals surface area (Å²) in [6.45, 7) is 2.11. The molecule has 0 spiro atoms. The molecule has 1 aliphatic heterocycles. The van der Waals surface area contributed by atoms with Gasteiger partial charge in [-0.25, -0.2) is 4.79 Å². The molecule has 2 aromatic carbocycles. The van der Waals surface area contributed by atoms with Gasteiger partial charge in [-0.1, -0.05) is 46.3 Å². The summed E-state index contributed by atoms with van der Waals surface area (Å²) in [4.78, 5) is 43.6. The lowest BCUT2D eigenvalue weighted by Crippen LogP contribution is -2.29. The van der Waals surface area contributed by atoms with Gasteiger partial charge in [0.2, 0.25) is 0 Å². The fourth-order valence-electron chi connectivity index (χ4n) is 3.85. The van der Waals surface area contributed by atoms with Crippen LogP contribution in [-0.2, 0) is 20.9 Å². The smallest absolute Gasteiger partial charge is 0.338 e. The van der Waals surface area contributed by atoms with Crippen LogP contribution < -0.4 is 0 Å². The van der Waals surface area contributed by atoms with Crippen molar-refractivity contribution in [3.8, 4) is 0 Å². The average molecular weight is 521 g/mol. The molecule has 172 valence electrons. The molecule has 1 aromatic heterocycles. The lowest BCUT2D eigenvalue weighted by Gasteiger charge is -2.25. The molecular formula is C26H21BrN2O5. The highest BCUT2D eigenvalue weighted by Gasteiger charge is 2.46. The van der Waals surface area contributed by atoms with E-state index in [1.165, 1.54) is 4.90 Å². The largest absolute Gasteiger partial charge is 0.507 e. The number of halogens is 1. The summed E-state index contributed by atoms with van der Waals surface area (Å²) in [5, 5.41) is 11.1. The number of Topliss-reactive ketones (excluding diaryl/α,β-unsaturated/α-hetero) is 1. The van der Waals surface area contributed by atoms with Crippen LogP contribution in [0.25, 0.3) is 5.76 Å². The van der Waals surface area contributed by atoms with Crippen LogP contribution in [0.3, 0.4) is 0 Å². The second kappa shape index (κ2) is 10.0. The van der Waals surface area contributed by atoms with Gasteiger partial charge in [0, 0.05) is 29.0 Å². The van der Waals surface area contributed by atoms with Crippen molar-refractivity contribution in [3.63, 3.8) is 0 Å². The van der Waals surface area contributed by atoms with Crippen LogP contribution in [0.15, 0.2) is 83.1 Å². The summed E-state index contributed by atoms with van der Waals surface area (Å²) in [5.74, 6) is -2.17. The Morgan fingerprint density at radius 2 is 1.74 bits per heavy atom. The Morgan fingerprint density at radius 1 is 1.06 bits per heavy atom. The molecule has 1 N–H and O–H groups in total. The van der Waals surface area contributed by atoms with Gasteiger partial charge in [0.05, 0.1) is 23.8 Å². The molecule has 2 heterocycles. The topological polar surface area (TPSA) is 96.8 Å². The number of carbonyl (C=O) groups excluding carboxylic acids is 3. The molecule has 8 heteroatoms. The van der Waals surface area contributed by atoms with Crippen molar-refractivity contribution < 1.29 is 24.2 Å². The molecule has 1 fully saturated rings. The SMILES string of the molecule is CCOC(=O)c1ccc(CN2C(=O)C(=O)/C(=C(/O)c3ccc(Br)cc3)C2c2cccnc2)cc1. The average Bonchev–Trinajstić information content (AvgIpc) is 3.10. The van der Waals surface area contributed by atoms with E-state index in [0.29, 0.717) is 22.3 Å². The number of likely N-dealkylation sites (tertiary alicyclic amines) is 1. The number of hydrogen-bond donors (Lipinski definition) is 1. The highest BCUT2D eigenvalue weighted by atomic mass is 79.9. The van der Waals surface area contributed by atoms with Crippen LogP contribution >= 0.6 is 15.9 Å². The van der Waals surface area contributed by atoms with Gasteiger partial charge in [-0.3, -0.25) is 14.6 Å². The molecule has 3 aromatic rings. The molecular weight excluding hydrogens is 500 g/mol. The summed E-state index contributed by atoms with van der Waals surface area (Å²) >= 11 is 3.35. The Morgan fingerprint density at radius 3 is 2.35 bits per heavy atom. The number of ether oxygens (including phenoxy) is 1. The molecule has 1 atom stereocenters. The normalized spacial score (nSPS) is 17.1. The van der Waals surface area contributed by atoms with Crippen molar-refractivity contribution in [2.75, 3.05) is 6.61 Å². The zero-order valence-corrected chi connectivity index (χ0v) is 19.9. The molecule has 0 aliphatic carbocycles. The summed E-state index contributed by atoms with van der Waals surface area (Å²) in [7, 11) is 0. The van der Waals surface area contributed by atoms with Crippen molar-refractivity contribution >= 4 is 39.3 Å². The van der Waals surface area contributed by atoms with E-state index >= 15 is 0 Å². The van der Waals surface area contributed by atoms with Crippen molar-refractivity contribution in [2.24, 2.45) is 0 Å². The number of ketones is 1. The number of pyridine rings is 1. The first-order valence-corrected chi connectivity index (χ1v) is 11.4. The summed E-state index contributed by atoms with van der Waals surface area (Å²) in [6, 6.07) is 16.1. The van der Waals surface area contributed by atoms with Gasteiger partial charge < -0.3 is 14.7 Å². The Hall–Kier alpha value is -3.78. The Balaban J connectivity index is 1.74. The minimum atomic E-state index is -0.818. The Kier molecular flexibility index (Phi) is 6.88. The molecule has 1 unspecified atom stereocenters. The number of aliphatic hydroxyl groups excluding tert-OH is 1. The predicted octanol–water partition coefficient (Wildman–Crippen LogP) is 4.64. The van der Waals surface area contributed by atoms with E-state index in [1.54, 1.807) is 80.0 Å². The maximum atomic E-state index is 13.1. The number of aliphatic hydroxyl groups is 1. The second-order valence-corrected chi connectivity index (χ2v) is 8.55. The first-order chi connectivity index (χ1) is 16.4. The van der Waals surface area contributed by atoms with Crippen molar-refractivity contribution in [1.29, 1.82) is 0 Å². The van der Waals surface area contributed by atoms with Gasteiger partial charge in [0.1, 0.15) is 5.76 Å². The predicted molar refractivity (Wildman–Crippen MR) is 129 cm³/mol. The molecule has 34 heavy (non-hydrogen) atoms. The number of hydrogen-bond acceptors (Lipinski definition) is 6. The van der Waals surface area contributed by atoms with Crippen molar-refractivity contribution in [1.82, 2.24) is 9.88 Å². The number of carbonyl (C=O) groups is 3. The first kappa shape index (κ1) is 23.4. The van der Waals surface area contributed by atoms with Crippen LogP contribution in [0.5, 0.6) is 0 Å². The molecule has 0 bridgehead atoms. The van der Waals surface area contributed by atoms with E-state index in [2.05, 4.69) is 20.9 Å². The zero-order chi connectivity index (χ0) is 24.2. The van der Waals surface area contributed by atoms with Crippen LogP contribution in [0.4, 0.5) is 0 Å². The van der Waals surface area contributed by atoms with Gasteiger partial charge in [0.15, 0.2) is 0 Å². The third-order valence-electron chi connectivity index (χ3n) is 5.48. The standard InChI is InChI=1S/C26H21BrN2O5/c1-2-34-26(33)18-7-5-16(6-8-18)15-29-22(19-4-3-13-28-14-19)21(24(31)25(29)32)23(30)17-9-11-20(27)12-10-17/h3-14,22,30H,2,15H2,1H3/b23-21+. The van der Waals surface area contributed by atoms with E-state index in [0.717, 1.165) is 4.47 Å². The van der Waals surface area contributed by atoms with Gasteiger partial charge in [-0.2, -0.15) is 0 Å². The highest BCUT2D eigenvalue weighted by molar-refractivity contribution is 9.10. The Bertz CT molecular complexity index is 1250. The summed E-state index contributed by atoms with van der Waals surface area (Å²) in [5.41, 5.74) is 2.14. The highest BCUT2D eigenvalue weighted by Crippen LogP contribution is 2.40. The minimum absolute atomic E-state index is 0.00321. The van der Waals surface area contributed by atoms with Gasteiger partial charge in [0.25, 0.3) is 11.7 Å². The third-order valence-corrected chi connectivity index (χ3v) is 6.00. The summed E-state index contributed by atoms with van der Waals surface area (Å²) < 4.78 is 5.82. The lowest BCUT2D eigenvalue weighted by molar-refractivity contribution is -0.140.